The number of thiophene rings is 1. The molecule has 1 fully saturated rings. The van der Waals surface area contributed by atoms with Crippen molar-refractivity contribution in [1.82, 2.24) is 19.8 Å². The molecular weight excluding hydrogens is 452 g/mol. The molecule has 1 amide bonds. The van der Waals surface area contributed by atoms with Crippen molar-refractivity contribution in [2.45, 2.75) is 44.8 Å². The van der Waals surface area contributed by atoms with Gasteiger partial charge in [0, 0.05) is 37.5 Å². The Morgan fingerprint density at radius 1 is 1.12 bits per heavy atom. The molecule has 1 unspecified atom stereocenters. The van der Waals surface area contributed by atoms with Crippen LogP contribution in [-0.2, 0) is 35.3 Å². The predicted octanol–water partition coefficient (Wildman–Crippen LogP) is 2.29. The number of piperazine rings is 1. The number of hydrogen-bond acceptors (Lipinski definition) is 7. The van der Waals surface area contributed by atoms with Crippen LogP contribution < -0.4 is 5.56 Å². The fraction of sp³-hybridized carbons (Fsp3) is 0.440. The molecular formula is C25H26N4O4S. The van der Waals surface area contributed by atoms with Gasteiger partial charge in [-0.25, -0.2) is 9.78 Å². The maximum Gasteiger partial charge on any atom is 0.339 e. The quantitative estimate of drug-likeness (QED) is 0.581. The number of aryl methyl sites for hydroxylation is 2. The van der Waals surface area contributed by atoms with Crippen LogP contribution in [0.1, 0.15) is 45.0 Å². The molecule has 0 radical (unpaired) electrons. The Bertz CT molecular complexity index is 1340. The first-order valence-electron chi connectivity index (χ1n) is 11.9. The lowest BCUT2D eigenvalue weighted by molar-refractivity contribution is -0.143. The van der Waals surface area contributed by atoms with Crippen molar-refractivity contribution in [3.8, 4) is 0 Å². The van der Waals surface area contributed by atoms with Gasteiger partial charge in [-0.15, -0.1) is 11.3 Å². The van der Waals surface area contributed by atoms with Crippen LogP contribution >= 0.6 is 11.3 Å². The van der Waals surface area contributed by atoms with Crippen LogP contribution in [-0.4, -0.2) is 63.9 Å². The number of esters is 1. The lowest BCUT2D eigenvalue weighted by atomic mass is 9.97. The number of nitrogens with one attached hydrogen (secondary N) is 1. The minimum absolute atomic E-state index is 0.0346. The summed E-state index contributed by atoms with van der Waals surface area (Å²) in [5.41, 5.74) is 2.56. The van der Waals surface area contributed by atoms with Crippen LogP contribution in [0.4, 0.5) is 0 Å². The van der Waals surface area contributed by atoms with Crippen LogP contribution in [0.15, 0.2) is 29.1 Å². The second-order valence-electron chi connectivity index (χ2n) is 9.26. The average molecular weight is 479 g/mol. The zero-order valence-corrected chi connectivity index (χ0v) is 19.7. The summed E-state index contributed by atoms with van der Waals surface area (Å²) in [6.45, 7) is 2.99. The number of benzene rings is 1. The Morgan fingerprint density at radius 3 is 2.76 bits per heavy atom. The van der Waals surface area contributed by atoms with Gasteiger partial charge in [-0.1, -0.05) is 18.2 Å². The largest absolute Gasteiger partial charge is 0.448 e. The fourth-order valence-electron chi connectivity index (χ4n) is 5.29. The van der Waals surface area contributed by atoms with Crippen molar-refractivity contribution >= 4 is 33.4 Å². The third kappa shape index (κ3) is 3.82. The summed E-state index contributed by atoms with van der Waals surface area (Å²) in [5, 5.41) is 0.780. The Labute approximate surface area is 200 Å². The van der Waals surface area contributed by atoms with E-state index in [0.717, 1.165) is 35.0 Å². The lowest BCUT2D eigenvalue weighted by Crippen LogP contribution is -2.53. The van der Waals surface area contributed by atoms with Gasteiger partial charge >= 0.3 is 5.97 Å². The third-order valence-corrected chi connectivity index (χ3v) is 8.28. The molecule has 34 heavy (non-hydrogen) atoms. The highest BCUT2D eigenvalue weighted by molar-refractivity contribution is 7.18. The Morgan fingerprint density at radius 2 is 1.91 bits per heavy atom. The number of aromatic nitrogens is 2. The zero-order chi connectivity index (χ0) is 23.2. The molecule has 0 saturated carbocycles. The monoisotopic (exact) mass is 478 g/mol. The molecule has 1 N–H and O–H groups in total. The molecule has 9 heteroatoms. The molecule has 1 aliphatic carbocycles. The van der Waals surface area contributed by atoms with Gasteiger partial charge in [0.2, 0.25) is 0 Å². The number of amides is 1. The highest BCUT2D eigenvalue weighted by atomic mass is 32.1. The van der Waals surface area contributed by atoms with Crippen molar-refractivity contribution in [3.05, 3.63) is 62.0 Å². The molecule has 3 aromatic rings. The minimum Gasteiger partial charge on any atom is -0.448 e. The molecule has 2 aliphatic heterocycles. The molecule has 4 heterocycles. The summed E-state index contributed by atoms with van der Waals surface area (Å²) in [6, 6.07) is 7.29. The average Bonchev–Trinajstić information content (AvgIpc) is 3.23. The van der Waals surface area contributed by atoms with E-state index in [2.05, 4.69) is 9.88 Å². The number of carbonyl (C=O) groups excluding carboxylic acids is 2. The SMILES string of the molecule is O=C1OC(C(=O)N2CCN(Cc3nc4sc5c(c4c(=O)[nH]3)CCCC5)CC2)Cc2ccccc21. The summed E-state index contributed by atoms with van der Waals surface area (Å²) >= 11 is 1.66. The smallest absolute Gasteiger partial charge is 0.339 e. The van der Waals surface area contributed by atoms with E-state index < -0.39 is 12.1 Å². The number of nitrogens with zero attached hydrogens (tertiary/aromatic N) is 3. The van der Waals surface area contributed by atoms with E-state index in [1.807, 2.05) is 12.1 Å². The summed E-state index contributed by atoms with van der Waals surface area (Å²) in [5.74, 6) is 0.104. The Kier molecular flexibility index (Phi) is 5.45. The zero-order valence-electron chi connectivity index (χ0n) is 18.8. The van der Waals surface area contributed by atoms with Crippen LogP contribution in [0.25, 0.3) is 10.2 Å². The Hall–Kier alpha value is -3.04. The minimum atomic E-state index is -0.765. The van der Waals surface area contributed by atoms with Crippen LogP contribution in [0.3, 0.4) is 0 Å². The molecule has 2 aromatic heterocycles. The number of hydrogen-bond donors (Lipinski definition) is 1. The molecule has 1 saturated heterocycles. The molecule has 0 spiro atoms. The van der Waals surface area contributed by atoms with Crippen molar-refractivity contribution in [2.75, 3.05) is 26.2 Å². The number of fused-ring (bicyclic) bond motifs is 4. The third-order valence-electron chi connectivity index (χ3n) is 7.10. The summed E-state index contributed by atoms with van der Waals surface area (Å²) in [7, 11) is 0. The van der Waals surface area contributed by atoms with Gasteiger partial charge in [0.25, 0.3) is 11.5 Å². The maximum atomic E-state index is 13.0. The lowest BCUT2D eigenvalue weighted by Gasteiger charge is -2.36. The molecule has 176 valence electrons. The number of rotatable bonds is 3. The highest BCUT2D eigenvalue weighted by Crippen LogP contribution is 2.33. The van der Waals surface area contributed by atoms with E-state index in [1.165, 1.54) is 16.9 Å². The second-order valence-corrected chi connectivity index (χ2v) is 10.3. The first-order chi connectivity index (χ1) is 16.6. The van der Waals surface area contributed by atoms with Crippen molar-refractivity contribution < 1.29 is 14.3 Å². The number of carbonyl (C=O) groups is 2. The van der Waals surface area contributed by atoms with Gasteiger partial charge in [0.15, 0.2) is 6.10 Å². The number of cyclic esters (lactones) is 1. The molecule has 6 rings (SSSR count). The number of ether oxygens (including phenoxy) is 1. The Balaban J connectivity index is 1.10. The summed E-state index contributed by atoms with van der Waals surface area (Å²) in [6.07, 6.45) is 3.98. The van der Waals surface area contributed by atoms with Crippen molar-refractivity contribution in [2.24, 2.45) is 0 Å². The van der Waals surface area contributed by atoms with E-state index in [9.17, 15) is 14.4 Å². The second kappa shape index (κ2) is 8.63. The molecule has 3 aliphatic rings. The topological polar surface area (TPSA) is 95.6 Å². The van der Waals surface area contributed by atoms with Gasteiger partial charge in [-0.05, 0) is 42.9 Å². The van der Waals surface area contributed by atoms with Crippen LogP contribution in [0.5, 0.6) is 0 Å². The maximum absolute atomic E-state index is 13.0. The van der Waals surface area contributed by atoms with Gasteiger partial charge in [0.1, 0.15) is 10.7 Å². The van der Waals surface area contributed by atoms with E-state index in [0.29, 0.717) is 50.5 Å². The molecule has 1 atom stereocenters. The van der Waals surface area contributed by atoms with Crippen molar-refractivity contribution in [1.29, 1.82) is 0 Å². The summed E-state index contributed by atoms with van der Waals surface area (Å²) < 4.78 is 5.45. The standard InChI is InChI=1S/C25H26N4O4S/c30-22-21-17-7-3-4-8-19(17)34-23(21)27-20(26-22)14-28-9-11-29(12-10-28)24(31)18-13-15-5-1-2-6-16(15)25(32)33-18/h1-2,5-6,18H,3-4,7-14H2,(H,26,27,30). The van der Waals surface area contributed by atoms with Crippen LogP contribution in [0, 0.1) is 0 Å². The van der Waals surface area contributed by atoms with E-state index in [4.69, 9.17) is 9.72 Å². The molecule has 1 aromatic carbocycles. The van der Waals surface area contributed by atoms with Gasteiger partial charge in [-0.3, -0.25) is 14.5 Å². The van der Waals surface area contributed by atoms with E-state index >= 15 is 0 Å². The predicted molar refractivity (Wildman–Crippen MR) is 128 cm³/mol. The summed E-state index contributed by atoms with van der Waals surface area (Å²) in [4.78, 5) is 52.0. The molecule has 8 nitrogen and oxygen atoms in total. The molecule has 0 bridgehead atoms. The van der Waals surface area contributed by atoms with Gasteiger partial charge < -0.3 is 14.6 Å². The van der Waals surface area contributed by atoms with E-state index in [1.54, 1.807) is 28.4 Å². The number of H-pyrrole nitrogens is 1. The highest BCUT2D eigenvalue weighted by Gasteiger charge is 2.35. The first-order valence-corrected chi connectivity index (χ1v) is 12.7. The van der Waals surface area contributed by atoms with Crippen LogP contribution in [0.2, 0.25) is 0 Å². The van der Waals surface area contributed by atoms with Gasteiger partial charge in [-0.2, -0.15) is 0 Å². The first kappa shape index (κ1) is 21.5. The van der Waals surface area contributed by atoms with Crippen molar-refractivity contribution in [3.63, 3.8) is 0 Å². The van der Waals surface area contributed by atoms with E-state index in [-0.39, 0.29) is 11.5 Å². The number of aromatic amines is 1. The fourth-order valence-corrected chi connectivity index (χ4v) is 6.58. The normalized spacial score (nSPS) is 20.6. The van der Waals surface area contributed by atoms with Gasteiger partial charge in [0.05, 0.1) is 17.5 Å².